The fourth-order valence-corrected chi connectivity index (χ4v) is 2.24. The number of hydrogen-bond acceptors (Lipinski definition) is 3. The van der Waals surface area contributed by atoms with Gasteiger partial charge < -0.3 is 20.2 Å². The van der Waals surface area contributed by atoms with Crippen LogP contribution in [0.4, 0.5) is 0 Å². The van der Waals surface area contributed by atoms with Crippen LogP contribution < -0.4 is 10.6 Å². The number of guanidine groups is 1. The predicted octanol–water partition coefficient (Wildman–Crippen LogP) is 2.79. The van der Waals surface area contributed by atoms with Crippen LogP contribution in [0.25, 0.3) is 0 Å². The Morgan fingerprint density at radius 2 is 2.14 bits per heavy atom. The Morgan fingerprint density at radius 3 is 2.73 bits per heavy atom. The van der Waals surface area contributed by atoms with Crippen molar-refractivity contribution < 1.29 is 9.52 Å². The van der Waals surface area contributed by atoms with E-state index >= 15 is 0 Å². The second kappa shape index (κ2) is 13.9. The molecule has 22 heavy (non-hydrogen) atoms. The van der Waals surface area contributed by atoms with E-state index in [-0.39, 0.29) is 30.6 Å². The first kappa shape index (κ1) is 21.2. The van der Waals surface area contributed by atoms with Crippen molar-refractivity contribution in [1.29, 1.82) is 0 Å². The van der Waals surface area contributed by atoms with Gasteiger partial charge in [0.15, 0.2) is 5.96 Å². The molecule has 3 N–H and O–H groups in total. The van der Waals surface area contributed by atoms with Gasteiger partial charge in [0, 0.05) is 32.7 Å². The van der Waals surface area contributed by atoms with Gasteiger partial charge in [0.2, 0.25) is 0 Å². The van der Waals surface area contributed by atoms with Gasteiger partial charge in [-0.1, -0.05) is 13.3 Å². The summed E-state index contributed by atoms with van der Waals surface area (Å²) in [6, 6.07) is 3.88. The van der Waals surface area contributed by atoms with E-state index in [0.29, 0.717) is 5.92 Å². The summed E-state index contributed by atoms with van der Waals surface area (Å²) in [7, 11) is 0. The average Bonchev–Trinajstić information content (AvgIpc) is 2.98. The minimum Gasteiger partial charge on any atom is -0.469 e. The molecule has 0 aliphatic rings. The van der Waals surface area contributed by atoms with Crippen molar-refractivity contribution in [3.8, 4) is 0 Å². The molecule has 0 spiro atoms. The van der Waals surface area contributed by atoms with Crippen molar-refractivity contribution in [2.45, 2.75) is 39.5 Å². The summed E-state index contributed by atoms with van der Waals surface area (Å²) in [4.78, 5) is 4.62. The molecule has 0 radical (unpaired) electrons. The van der Waals surface area contributed by atoms with Crippen LogP contribution >= 0.6 is 24.0 Å². The van der Waals surface area contributed by atoms with E-state index in [1.165, 1.54) is 0 Å². The molecule has 0 bridgehead atoms. The highest BCUT2D eigenvalue weighted by Gasteiger charge is 2.07. The molecule has 6 heteroatoms. The summed E-state index contributed by atoms with van der Waals surface area (Å²) in [5.74, 6) is 2.27. The molecule has 1 unspecified atom stereocenters. The minimum absolute atomic E-state index is 0. The Labute approximate surface area is 151 Å². The van der Waals surface area contributed by atoms with Crippen LogP contribution in [0.5, 0.6) is 0 Å². The Bertz CT molecular complexity index is 377. The maximum atomic E-state index is 9.09. The van der Waals surface area contributed by atoms with E-state index in [1.54, 1.807) is 6.26 Å². The summed E-state index contributed by atoms with van der Waals surface area (Å²) >= 11 is 0. The number of hydrogen-bond donors (Lipinski definition) is 3. The first-order chi connectivity index (χ1) is 10.3. The fourth-order valence-electron chi connectivity index (χ4n) is 2.24. The maximum Gasteiger partial charge on any atom is 0.191 e. The number of rotatable bonds is 10. The van der Waals surface area contributed by atoms with Crippen LogP contribution in [0.15, 0.2) is 27.8 Å². The highest BCUT2D eigenvalue weighted by atomic mass is 127. The topological polar surface area (TPSA) is 69.8 Å². The van der Waals surface area contributed by atoms with Crippen LogP contribution in [-0.4, -0.2) is 37.3 Å². The van der Waals surface area contributed by atoms with E-state index in [0.717, 1.165) is 57.0 Å². The molecule has 0 saturated carbocycles. The SMILES string of the molecule is CCCC(CCO)CN=C(NCC)NCCc1ccco1.I. The second-order valence-electron chi connectivity index (χ2n) is 5.14. The molecule has 0 aromatic carbocycles. The van der Waals surface area contributed by atoms with Crippen molar-refractivity contribution in [3.63, 3.8) is 0 Å². The highest BCUT2D eigenvalue weighted by molar-refractivity contribution is 14.0. The molecule has 1 aromatic rings. The van der Waals surface area contributed by atoms with Crippen LogP contribution in [0, 0.1) is 5.92 Å². The van der Waals surface area contributed by atoms with Gasteiger partial charge in [-0.05, 0) is 37.8 Å². The van der Waals surface area contributed by atoms with E-state index in [1.807, 2.05) is 12.1 Å². The lowest BCUT2D eigenvalue weighted by Gasteiger charge is -2.15. The van der Waals surface area contributed by atoms with Gasteiger partial charge in [0.05, 0.1) is 6.26 Å². The Hall–Kier alpha value is -0.760. The van der Waals surface area contributed by atoms with Gasteiger partial charge in [-0.3, -0.25) is 4.99 Å². The molecule has 5 nitrogen and oxygen atoms in total. The second-order valence-corrected chi connectivity index (χ2v) is 5.14. The molecule has 1 heterocycles. The van der Waals surface area contributed by atoms with Crippen LogP contribution in [0.2, 0.25) is 0 Å². The van der Waals surface area contributed by atoms with Crippen LogP contribution in [0.3, 0.4) is 0 Å². The highest BCUT2D eigenvalue weighted by Crippen LogP contribution is 2.10. The molecular weight excluding hydrogens is 393 g/mol. The van der Waals surface area contributed by atoms with E-state index < -0.39 is 0 Å². The largest absolute Gasteiger partial charge is 0.469 e. The lowest BCUT2D eigenvalue weighted by Crippen LogP contribution is -2.38. The molecule has 128 valence electrons. The van der Waals surface area contributed by atoms with E-state index in [4.69, 9.17) is 9.52 Å². The van der Waals surface area contributed by atoms with Gasteiger partial charge in [0.1, 0.15) is 5.76 Å². The van der Waals surface area contributed by atoms with Gasteiger partial charge in [-0.25, -0.2) is 0 Å². The Kier molecular flexibility index (Phi) is 13.4. The zero-order valence-corrected chi connectivity index (χ0v) is 16.0. The zero-order valence-electron chi connectivity index (χ0n) is 13.7. The maximum absolute atomic E-state index is 9.09. The third kappa shape index (κ3) is 9.30. The zero-order chi connectivity index (χ0) is 15.3. The Balaban J connectivity index is 0.00000441. The lowest BCUT2D eigenvalue weighted by atomic mass is 10.0. The molecule has 0 aliphatic carbocycles. The fraction of sp³-hybridized carbons (Fsp3) is 0.688. The normalized spacial score (nSPS) is 12.6. The number of halogens is 1. The van der Waals surface area contributed by atoms with Gasteiger partial charge in [-0.15, -0.1) is 24.0 Å². The average molecular weight is 423 g/mol. The van der Waals surface area contributed by atoms with Crippen LogP contribution in [-0.2, 0) is 6.42 Å². The molecule has 1 aromatic heterocycles. The molecule has 0 fully saturated rings. The van der Waals surface area contributed by atoms with Crippen molar-refractivity contribution in [2.24, 2.45) is 10.9 Å². The monoisotopic (exact) mass is 423 g/mol. The van der Waals surface area contributed by atoms with E-state index in [9.17, 15) is 0 Å². The predicted molar refractivity (Wildman–Crippen MR) is 102 cm³/mol. The van der Waals surface area contributed by atoms with Gasteiger partial charge >= 0.3 is 0 Å². The summed E-state index contributed by atoms with van der Waals surface area (Å²) in [6.07, 6.45) is 5.59. The first-order valence-corrected chi connectivity index (χ1v) is 7.95. The van der Waals surface area contributed by atoms with Gasteiger partial charge in [0.25, 0.3) is 0 Å². The molecule has 0 aliphatic heterocycles. The third-order valence-corrected chi connectivity index (χ3v) is 3.33. The summed E-state index contributed by atoms with van der Waals surface area (Å²) in [6.45, 7) is 6.85. The lowest BCUT2D eigenvalue weighted by molar-refractivity contribution is 0.253. The molecule has 0 saturated heterocycles. The number of aliphatic hydroxyl groups is 1. The minimum atomic E-state index is 0. The van der Waals surface area contributed by atoms with Crippen molar-refractivity contribution in [2.75, 3.05) is 26.2 Å². The summed E-state index contributed by atoms with van der Waals surface area (Å²) < 4.78 is 5.31. The van der Waals surface area contributed by atoms with E-state index in [2.05, 4.69) is 29.5 Å². The quantitative estimate of drug-likeness (QED) is 0.308. The summed E-state index contributed by atoms with van der Waals surface area (Å²) in [5.41, 5.74) is 0. The standard InChI is InChI=1S/C16H29N3O2.HI/c1-3-6-14(9-11-20)13-19-16(17-4-2)18-10-8-15-7-5-12-21-15;/h5,7,12,14,20H,3-4,6,8-11,13H2,1-2H3,(H2,17,18,19);1H. The number of furan rings is 1. The molecular formula is C16H30IN3O2. The smallest absolute Gasteiger partial charge is 0.191 e. The number of aliphatic imine (C=N–C) groups is 1. The van der Waals surface area contributed by atoms with Crippen molar-refractivity contribution >= 4 is 29.9 Å². The first-order valence-electron chi connectivity index (χ1n) is 7.95. The number of nitrogens with zero attached hydrogens (tertiary/aromatic N) is 1. The number of nitrogens with one attached hydrogen (secondary N) is 2. The molecule has 1 rings (SSSR count). The van der Waals surface area contributed by atoms with Crippen LogP contribution in [0.1, 0.15) is 38.9 Å². The molecule has 1 atom stereocenters. The Morgan fingerprint density at radius 1 is 1.32 bits per heavy atom. The van der Waals surface area contributed by atoms with Crippen molar-refractivity contribution in [1.82, 2.24) is 10.6 Å². The summed E-state index contributed by atoms with van der Waals surface area (Å²) in [5, 5.41) is 15.7. The number of aliphatic hydroxyl groups excluding tert-OH is 1. The molecule has 0 amide bonds. The van der Waals surface area contributed by atoms with Gasteiger partial charge in [-0.2, -0.15) is 0 Å². The van der Waals surface area contributed by atoms with Crippen molar-refractivity contribution in [3.05, 3.63) is 24.2 Å². The third-order valence-electron chi connectivity index (χ3n) is 3.33.